The maximum Gasteiger partial charge on any atom is 0.231 e. The van der Waals surface area contributed by atoms with Gasteiger partial charge in [-0.2, -0.15) is 0 Å². The van der Waals surface area contributed by atoms with Crippen LogP contribution < -0.4 is 5.32 Å². The minimum Gasteiger partial charge on any atom is -0.387 e. The number of carbonyl (C=O) groups excluding carboxylic acids is 1. The van der Waals surface area contributed by atoms with Gasteiger partial charge in [0.1, 0.15) is 12.0 Å². The van der Waals surface area contributed by atoms with Gasteiger partial charge < -0.3 is 10.4 Å². The summed E-state index contributed by atoms with van der Waals surface area (Å²) in [4.78, 5) is 25.4. The van der Waals surface area contributed by atoms with E-state index in [4.69, 9.17) is 0 Å². The second-order valence-corrected chi connectivity index (χ2v) is 7.96. The first-order chi connectivity index (χ1) is 14.4. The lowest BCUT2D eigenvalue weighted by atomic mass is 9.98. The first-order valence-electron chi connectivity index (χ1n) is 10.2. The van der Waals surface area contributed by atoms with Crippen molar-refractivity contribution in [3.63, 3.8) is 0 Å². The molecule has 1 saturated carbocycles. The number of anilines is 1. The van der Waals surface area contributed by atoms with Crippen LogP contribution in [0.4, 0.5) is 10.2 Å². The topological polar surface area (TPSA) is 88.0 Å². The van der Waals surface area contributed by atoms with Crippen LogP contribution in [0.3, 0.4) is 0 Å². The quantitative estimate of drug-likeness (QED) is 0.630. The standard InChI is InChI=1S/C23H25FN4O2/c1-4-5-21(29)20-6-12(2)17(11-25-20)15-7-14-10-26-22(9-19(14)27-13(15)3)28-23(30)16-8-18(16)24/h6-7,9-11,16,18,21,29H,4-5,8H2,1-3H3,(H,26,28,30)/t16-,18+,21+/m0/s1. The van der Waals surface area contributed by atoms with E-state index in [1.807, 2.05) is 32.9 Å². The molecule has 3 atom stereocenters. The van der Waals surface area contributed by atoms with Crippen molar-refractivity contribution in [2.75, 3.05) is 5.32 Å². The van der Waals surface area contributed by atoms with Crippen LogP contribution in [0.25, 0.3) is 22.0 Å². The summed E-state index contributed by atoms with van der Waals surface area (Å²) < 4.78 is 13.1. The highest BCUT2D eigenvalue weighted by atomic mass is 19.1. The SMILES string of the molecule is CCC[C@@H](O)c1cc(C)c(-c2cc3cnc(NC(=O)[C@H]4C[C@H]4F)cc3nc2C)cn1. The number of aromatic nitrogens is 3. The van der Waals surface area contributed by atoms with E-state index in [2.05, 4.69) is 20.3 Å². The monoisotopic (exact) mass is 408 g/mol. The summed E-state index contributed by atoms with van der Waals surface area (Å²) in [6.45, 7) is 5.95. The molecule has 1 aliphatic rings. The van der Waals surface area contributed by atoms with Crippen LogP contribution in [0.1, 0.15) is 49.2 Å². The molecule has 0 saturated heterocycles. The number of fused-ring (bicyclic) bond motifs is 1. The Morgan fingerprint density at radius 1 is 1.23 bits per heavy atom. The molecule has 2 N–H and O–H groups in total. The highest BCUT2D eigenvalue weighted by Crippen LogP contribution is 2.35. The Labute approximate surface area is 174 Å². The molecule has 0 spiro atoms. The van der Waals surface area contributed by atoms with E-state index in [1.54, 1.807) is 18.5 Å². The molecule has 0 unspecified atom stereocenters. The number of nitrogens with zero attached hydrogens (tertiary/aromatic N) is 3. The minimum absolute atomic E-state index is 0.280. The predicted octanol–water partition coefficient (Wildman–Crippen LogP) is 4.44. The smallest absolute Gasteiger partial charge is 0.231 e. The number of hydrogen-bond acceptors (Lipinski definition) is 5. The Balaban J connectivity index is 1.63. The number of pyridine rings is 3. The highest BCUT2D eigenvalue weighted by Gasteiger charge is 2.43. The molecule has 1 amide bonds. The second kappa shape index (κ2) is 8.07. The Kier molecular flexibility index (Phi) is 5.47. The fourth-order valence-corrected chi connectivity index (χ4v) is 3.62. The number of aliphatic hydroxyl groups is 1. The van der Waals surface area contributed by atoms with Crippen molar-refractivity contribution >= 4 is 22.6 Å². The van der Waals surface area contributed by atoms with Crippen molar-refractivity contribution in [3.8, 4) is 11.1 Å². The molecule has 3 aromatic rings. The normalized spacial score (nSPS) is 19.0. The van der Waals surface area contributed by atoms with E-state index in [1.165, 1.54) is 0 Å². The van der Waals surface area contributed by atoms with Crippen molar-refractivity contribution in [1.82, 2.24) is 15.0 Å². The number of nitrogens with one attached hydrogen (secondary N) is 1. The molecule has 7 heteroatoms. The Morgan fingerprint density at radius 2 is 2.00 bits per heavy atom. The zero-order valence-corrected chi connectivity index (χ0v) is 17.3. The fraction of sp³-hybridized carbons (Fsp3) is 0.391. The lowest BCUT2D eigenvalue weighted by Gasteiger charge is -2.14. The van der Waals surface area contributed by atoms with Gasteiger partial charge in [-0.05, 0) is 44.4 Å². The van der Waals surface area contributed by atoms with Gasteiger partial charge in [-0.3, -0.25) is 14.8 Å². The lowest BCUT2D eigenvalue weighted by Crippen LogP contribution is -2.15. The molecule has 0 aliphatic heterocycles. The molecule has 30 heavy (non-hydrogen) atoms. The molecule has 6 nitrogen and oxygen atoms in total. The molecule has 4 rings (SSSR count). The molecule has 0 aromatic carbocycles. The maximum absolute atomic E-state index is 13.1. The third-order valence-electron chi connectivity index (χ3n) is 5.52. The van der Waals surface area contributed by atoms with Gasteiger partial charge in [-0.1, -0.05) is 13.3 Å². The Hall–Kier alpha value is -2.93. The maximum atomic E-state index is 13.1. The molecule has 156 valence electrons. The second-order valence-electron chi connectivity index (χ2n) is 7.96. The number of aryl methyl sites for hydroxylation is 2. The molecule has 1 aliphatic carbocycles. The summed E-state index contributed by atoms with van der Waals surface area (Å²) in [6, 6.07) is 5.63. The van der Waals surface area contributed by atoms with Gasteiger partial charge in [0, 0.05) is 40.7 Å². The van der Waals surface area contributed by atoms with Crippen LogP contribution in [0.5, 0.6) is 0 Å². The van der Waals surface area contributed by atoms with E-state index < -0.39 is 18.2 Å². The zero-order valence-electron chi connectivity index (χ0n) is 17.3. The number of rotatable bonds is 6. The summed E-state index contributed by atoms with van der Waals surface area (Å²) in [7, 11) is 0. The van der Waals surface area contributed by atoms with Crippen LogP contribution in [0.15, 0.2) is 30.6 Å². The summed E-state index contributed by atoms with van der Waals surface area (Å²) in [5, 5.41) is 13.7. The number of alkyl halides is 1. The van der Waals surface area contributed by atoms with Gasteiger partial charge in [0.25, 0.3) is 0 Å². The largest absolute Gasteiger partial charge is 0.387 e. The third kappa shape index (κ3) is 4.03. The van der Waals surface area contributed by atoms with Crippen LogP contribution in [0.2, 0.25) is 0 Å². The average molecular weight is 408 g/mol. The van der Waals surface area contributed by atoms with E-state index in [9.17, 15) is 14.3 Å². The van der Waals surface area contributed by atoms with Gasteiger partial charge in [-0.25, -0.2) is 9.37 Å². The molecule has 0 bridgehead atoms. The van der Waals surface area contributed by atoms with Crippen LogP contribution in [0, 0.1) is 19.8 Å². The summed E-state index contributed by atoms with van der Waals surface area (Å²) >= 11 is 0. The van der Waals surface area contributed by atoms with E-state index in [0.29, 0.717) is 23.4 Å². The van der Waals surface area contributed by atoms with Gasteiger partial charge in [-0.15, -0.1) is 0 Å². The average Bonchev–Trinajstić information content (AvgIpc) is 3.44. The Bertz CT molecular complexity index is 1120. The number of halogens is 1. The van der Waals surface area contributed by atoms with Crippen LogP contribution in [-0.4, -0.2) is 32.1 Å². The van der Waals surface area contributed by atoms with Crippen molar-refractivity contribution in [2.24, 2.45) is 5.92 Å². The molecule has 1 fully saturated rings. The summed E-state index contributed by atoms with van der Waals surface area (Å²) in [5.41, 5.74) is 5.12. The predicted molar refractivity (Wildman–Crippen MR) is 114 cm³/mol. The van der Waals surface area contributed by atoms with E-state index in [0.717, 1.165) is 34.2 Å². The Morgan fingerprint density at radius 3 is 2.67 bits per heavy atom. The fourth-order valence-electron chi connectivity index (χ4n) is 3.62. The number of hydrogen-bond donors (Lipinski definition) is 2. The lowest BCUT2D eigenvalue weighted by molar-refractivity contribution is -0.117. The minimum atomic E-state index is -1.04. The number of carbonyl (C=O) groups is 1. The van der Waals surface area contributed by atoms with Gasteiger partial charge in [0.05, 0.1) is 23.2 Å². The van der Waals surface area contributed by atoms with E-state index in [-0.39, 0.29) is 12.3 Å². The van der Waals surface area contributed by atoms with Crippen molar-refractivity contribution in [3.05, 3.63) is 47.5 Å². The van der Waals surface area contributed by atoms with Crippen molar-refractivity contribution in [2.45, 2.75) is 52.3 Å². The summed E-state index contributed by atoms with van der Waals surface area (Å²) in [5.74, 6) is -0.526. The summed E-state index contributed by atoms with van der Waals surface area (Å²) in [6.07, 6.45) is 3.69. The molecule has 3 heterocycles. The van der Waals surface area contributed by atoms with Crippen molar-refractivity contribution in [1.29, 1.82) is 0 Å². The van der Waals surface area contributed by atoms with Gasteiger partial charge in [0.2, 0.25) is 5.91 Å². The van der Waals surface area contributed by atoms with Crippen LogP contribution in [-0.2, 0) is 4.79 Å². The third-order valence-corrected chi connectivity index (χ3v) is 5.52. The number of amides is 1. The molecule has 0 radical (unpaired) electrons. The van der Waals surface area contributed by atoms with Crippen LogP contribution >= 0.6 is 0 Å². The number of aliphatic hydroxyl groups excluding tert-OH is 1. The zero-order chi connectivity index (χ0) is 21.4. The first kappa shape index (κ1) is 20.3. The molecular weight excluding hydrogens is 383 g/mol. The van der Waals surface area contributed by atoms with Gasteiger partial charge >= 0.3 is 0 Å². The first-order valence-corrected chi connectivity index (χ1v) is 10.2. The molecule has 3 aromatic heterocycles. The van der Waals surface area contributed by atoms with Gasteiger partial charge in [0.15, 0.2) is 0 Å². The van der Waals surface area contributed by atoms with Crippen molar-refractivity contribution < 1.29 is 14.3 Å². The van der Waals surface area contributed by atoms with E-state index >= 15 is 0 Å². The molecular formula is C23H25FN4O2. The highest BCUT2D eigenvalue weighted by molar-refractivity contribution is 5.95.